The molecule has 0 aromatic carbocycles. The van der Waals surface area contributed by atoms with Gasteiger partial charge in [-0.15, -0.1) is 10.2 Å². The van der Waals surface area contributed by atoms with Crippen molar-refractivity contribution in [2.75, 3.05) is 6.61 Å². The Labute approximate surface area is 138 Å². The van der Waals surface area contributed by atoms with E-state index in [0.29, 0.717) is 22.8 Å². The molecule has 3 heterocycles. The molecule has 6 nitrogen and oxygen atoms in total. The van der Waals surface area contributed by atoms with Gasteiger partial charge in [0.05, 0.1) is 5.69 Å². The van der Waals surface area contributed by atoms with E-state index in [1.54, 1.807) is 16.6 Å². The van der Waals surface area contributed by atoms with Crippen LogP contribution in [0.25, 0.3) is 16.9 Å². The van der Waals surface area contributed by atoms with Crippen LogP contribution in [-0.4, -0.2) is 37.6 Å². The lowest BCUT2D eigenvalue weighted by Gasteiger charge is -2.09. The Morgan fingerprint density at radius 1 is 1.20 bits per heavy atom. The number of alkyl halides is 3. The molecule has 4 rings (SSSR count). The third kappa shape index (κ3) is 3.24. The number of fused-ring (bicyclic) bond motifs is 1. The molecule has 0 radical (unpaired) electrons. The Balaban J connectivity index is 1.64. The first-order valence-corrected chi connectivity index (χ1v) is 7.48. The average Bonchev–Trinajstić information content (AvgIpc) is 3.32. The molecule has 1 fully saturated rings. The number of pyridine rings is 1. The van der Waals surface area contributed by atoms with Crippen molar-refractivity contribution in [3.63, 3.8) is 0 Å². The van der Waals surface area contributed by atoms with Crippen LogP contribution in [0, 0.1) is 5.82 Å². The highest BCUT2D eigenvalue weighted by atomic mass is 19.4. The molecule has 0 atom stereocenters. The quantitative estimate of drug-likeness (QED) is 0.674. The number of hydrogen-bond donors (Lipinski definition) is 0. The van der Waals surface area contributed by atoms with Crippen LogP contribution in [-0.2, 0) is 0 Å². The van der Waals surface area contributed by atoms with Crippen molar-refractivity contribution in [2.24, 2.45) is 0 Å². The van der Waals surface area contributed by atoms with Gasteiger partial charge in [0, 0.05) is 17.7 Å². The predicted octanol–water partition coefficient (Wildman–Crippen LogP) is 3.14. The van der Waals surface area contributed by atoms with Crippen molar-refractivity contribution in [1.82, 2.24) is 24.8 Å². The van der Waals surface area contributed by atoms with Crippen LogP contribution in [0.4, 0.5) is 17.6 Å². The minimum Gasteiger partial charge on any atom is -0.466 e. The van der Waals surface area contributed by atoms with Gasteiger partial charge in [0.2, 0.25) is 0 Å². The van der Waals surface area contributed by atoms with Gasteiger partial charge >= 0.3 is 6.18 Å². The zero-order valence-corrected chi connectivity index (χ0v) is 12.7. The normalized spacial score (nSPS) is 14.9. The van der Waals surface area contributed by atoms with Crippen LogP contribution in [0.15, 0.2) is 24.4 Å². The summed E-state index contributed by atoms with van der Waals surface area (Å²) in [7, 11) is 0. The highest BCUT2D eigenvalue weighted by Crippen LogP contribution is 2.38. The van der Waals surface area contributed by atoms with Crippen LogP contribution < -0.4 is 4.74 Å². The van der Waals surface area contributed by atoms with E-state index >= 15 is 0 Å². The minimum atomic E-state index is -4.56. The molecular formula is C15H11F4N5O. The summed E-state index contributed by atoms with van der Waals surface area (Å²) in [4.78, 5) is 3.62. The summed E-state index contributed by atoms with van der Waals surface area (Å²) in [6, 6.07) is 4.34. The molecule has 0 N–H and O–H groups in total. The third-order valence-electron chi connectivity index (χ3n) is 3.71. The van der Waals surface area contributed by atoms with Crippen molar-refractivity contribution in [2.45, 2.75) is 24.9 Å². The molecule has 0 spiro atoms. The van der Waals surface area contributed by atoms with Crippen LogP contribution in [0.1, 0.15) is 24.6 Å². The van der Waals surface area contributed by atoms with Crippen molar-refractivity contribution in [3.8, 4) is 17.1 Å². The van der Waals surface area contributed by atoms with Gasteiger partial charge in [-0.1, -0.05) is 0 Å². The van der Waals surface area contributed by atoms with Gasteiger partial charge in [-0.05, 0) is 31.0 Å². The van der Waals surface area contributed by atoms with Crippen LogP contribution in [0.3, 0.4) is 0 Å². The summed E-state index contributed by atoms with van der Waals surface area (Å²) in [5.74, 6) is -0.624. The summed E-state index contributed by atoms with van der Waals surface area (Å²) < 4.78 is 56.3. The maximum atomic E-state index is 14.0. The highest BCUT2D eigenvalue weighted by molar-refractivity contribution is 5.59. The number of aromatic nitrogens is 5. The van der Waals surface area contributed by atoms with Gasteiger partial charge < -0.3 is 4.74 Å². The van der Waals surface area contributed by atoms with Gasteiger partial charge in [-0.2, -0.15) is 22.8 Å². The van der Waals surface area contributed by atoms with Gasteiger partial charge in [-0.25, -0.2) is 9.37 Å². The summed E-state index contributed by atoms with van der Waals surface area (Å²) in [5.41, 5.74) is 1.29. The molecular weight excluding hydrogens is 342 g/mol. The number of ether oxygens (including phenoxy) is 1. The van der Waals surface area contributed by atoms with Crippen LogP contribution in [0.2, 0.25) is 0 Å². The maximum absolute atomic E-state index is 14.0. The zero-order valence-electron chi connectivity index (χ0n) is 12.7. The fourth-order valence-electron chi connectivity index (χ4n) is 2.38. The molecule has 1 aliphatic carbocycles. The SMILES string of the molecule is Fc1cc(-c2ccc3nnc(C4CC4)n3n2)cnc1OCC(F)(F)F. The smallest absolute Gasteiger partial charge is 0.422 e. The van der Waals surface area contributed by atoms with Gasteiger partial charge in [0.15, 0.2) is 23.9 Å². The topological polar surface area (TPSA) is 65.2 Å². The van der Waals surface area contributed by atoms with E-state index in [2.05, 4.69) is 25.0 Å². The second-order valence-electron chi connectivity index (χ2n) is 5.74. The number of rotatable bonds is 4. The summed E-state index contributed by atoms with van der Waals surface area (Å²) in [5, 5.41) is 12.5. The molecule has 3 aromatic rings. The van der Waals surface area contributed by atoms with Crippen LogP contribution >= 0.6 is 0 Å². The van der Waals surface area contributed by atoms with Crippen molar-refractivity contribution in [3.05, 3.63) is 36.0 Å². The van der Waals surface area contributed by atoms with E-state index in [4.69, 9.17) is 0 Å². The molecule has 0 saturated heterocycles. The molecule has 1 saturated carbocycles. The second kappa shape index (κ2) is 5.64. The lowest BCUT2D eigenvalue weighted by atomic mass is 10.2. The highest BCUT2D eigenvalue weighted by Gasteiger charge is 2.30. The second-order valence-corrected chi connectivity index (χ2v) is 5.74. The molecule has 0 bridgehead atoms. The largest absolute Gasteiger partial charge is 0.466 e. The van der Waals surface area contributed by atoms with E-state index in [0.717, 1.165) is 24.7 Å². The van der Waals surface area contributed by atoms with Crippen LogP contribution in [0.5, 0.6) is 5.88 Å². The minimum absolute atomic E-state index is 0.314. The molecule has 0 unspecified atom stereocenters. The van der Waals surface area contributed by atoms with E-state index in [1.807, 2.05) is 0 Å². The Morgan fingerprint density at radius 3 is 2.68 bits per heavy atom. The summed E-state index contributed by atoms with van der Waals surface area (Å²) in [6.45, 7) is -1.61. The summed E-state index contributed by atoms with van der Waals surface area (Å²) >= 11 is 0. The van der Waals surface area contributed by atoms with Crippen molar-refractivity contribution in [1.29, 1.82) is 0 Å². The van der Waals surface area contributed by atoms with E-state index in [-0.39, 0.29) is 0 Å². The van der Waals surface area contributed by atoms with E-state index in [1.165, 1.54) is 6.20 Å². The molecule has 1 aliphatic rings. The molecule has 25 heavy (non-hydrogen) atoms. The first-order valence-electron chi connectivity index (χ1n) is 7.48. The Kier molecular flexibility index (Phi) is 3.55. The molecule has 0 amide bonds. The number of nitrogens with zero attached hydrogens (tertiary/aromatic N) is 5. The number of halogens is 4. The monoisotopic (exact) mass is 353 g/mol. The zero-order chi connectivity index (χ0) is 17.6. The van der Waals surface area contributed by atoms with Crippen molar-refractivity contribution >= 4 is 5.65 Å². The Morgan fingerprint density at radius 2 is 2.00 bits per heavy atom. The number of hydrogen-bond acceptors (Lipinski definition) is 5. The fourth-order valence-corrected chi connectivity index (χ4v) is 2.38. The van der Waals surface area contributed by atoms with E-state index < -0.39 is 24.5 Å². The first-order chi connectivity index (χ1) is 11.9. The first kappa shape index (κ1) is 15.7. The fraction of sp³-hybridized carbons (Fsp3) is 0.333. The van der Waals surface area contributed by atoms with Crippen molar-refractivity contribution < 1.29 is 22.3 Å². The van der Waals surface area contributed by atoms with Gasteiger partial charge in [0.1, 0.15) is 0 Å². The molecule has 130 valence electrons. The average molecular weight is 353 g/mol. The Hall–Kier alpha value is -2.78. The van der Waals surface area contributed by atoms with Gasteiger partial charge in [0.25, 0.3) is 5.88 Å². The molecule has 3 aromatic heterocycles. The van der Waals surface area contributed by atoms with E-state index in [9.17, 15) is 17.6 Å². The maximum Gasteiger partial charge on any atom is 0.422 e. The van der Waals surface area contributed by atoms with Gasteiger partial charge in [-0.3, -0.25) is 0 Å². The lowest BCUT2D eigenvalue weighted by Crippen LogP contribution is -2.20. The molecule has 0 aliphatic heterocycles. The molecule has 10 heteroatoms. The summed E-state index contributed by atoms with van der Waals surface area (Å²) in [6.07, 6.45) is -1.31. The third-order valence-corrected chi connectivity index (χ3v) is 3.71. The standard InChI is InChI=1S/C15H11F4N5O/c16-10-5-9(6-20-14(10)25-7-15(17,18)19)11-3-4-12-21-22-13(8-1-2-8)24(12)23-11/h3-6,8H,1-2,7H2. The predicted molar refractivity (Wildman–Crippen MR) is 77.5 cm³/mol. The Bertz CT molecular complexity index is 935. The lowest BCUT2D eigenvalue weighted by molar-refractivity contribution is -0.154.